The summed E-state index contributed by atoms with van der Waals surface area (Å²) in [4.78, 5) is 26.7. The van der Waals surface area contributed by atoms with E-state index in [1.165, 1.54) is 25.9 Å². The van der Waals surface area contributed by atoms with Crippen molar-refractivity contribution in [3.05, 3.63) is 0 Å². The molecule has 26 heavy (non-hydrogen) atoms. The van der Waals surface area contributed by atoms with Gasteiger partial charge < -0.3 is 19.9 Å². The third-order valence-corrected chi connectivity index (χ3v) is 5.90. The number of carbonyl (C=O) groups excluding carboxylic acids is 2. The monoisotopic (exact) mass is 367 g/mol. The summed E-state index contributed by atoms with van der Waals surface area (Å²) >= 11 is 0. The van der Waals surface area contributed by atoms with E-state index >= 15 is 0 Å². The molecule has 0 spiro atoms. The van der Waals surface area contributed by atoms with Crippen molar-refractivity contribution in [1.82, 2.24) is 15.1 Å². The van der Waals surface area contributed by atoms with Crippen LogP contribution in [0.15, 0.2) is 0 Å². The molecule has 2 saturated heterocycles. The van der Waals surface area contributed by atoms with Crippen LogP contribution in [0.3, 0.4) is 0 Å². The number of rotatable bonds is 6. The van der Waals surface area contributed by atoms with Gasteiger partial charge in [0, 0.05) is 24.9 Å². The Labute approximate surface area is 160 Å². The summed E-state index contributed by atoms with van der Waals surface area (Å²) < 4.78 is 0. The Hall–Kier alpha value is -0.940. The number of nitrogens with zero attached hydrogens (tertiary/aromatic N) is 2. The van der Waals surface area contributed by atoms with Crippen LogP contribution in [-0.2, 0) is 9.59 Å². The molecule has 0 aromatic heterocycles. The summed E-state index contributed by atoms with van der Waals surface area (Å²) in [5.41, 5.74) is 0. The molecule has 5 heteroatoms. The molecule has 2 rings (SSSR count). The van der Waals surface area contributed by atoms with Crippen LogP contribution in [0, 0.1) is 17.8 Å². The average molecular weight is 368 g/mol. The van der Waals surface area contributed by atoms with Crippen LogP contribution in [0.4, 0.5) is 0 Å². The Balaban J connectivity index is 0.000000289. The fourth-order valence-corrected chi connectivity index (χ4v) is 3.77. The Kier molecular flexibility index (Phi) is 11.1. The zero-order valence-corrected chi connectivity index (χ0v) is 17.7. The highest BCUT2D eigenvalue weighted by molar-refractivity contribution is 5.78. The lowest BCUT2D eigenvalue weighted by Gasteiger charge is -2.33. The SMILES string of the molecule is CC(C)C1CCN(C)CC1.CC(C)N1CCC(C(=O)NCCC=O)CC1. The minimum absolute atomic E-state index is 0.116. The maximum Gasteiger partial charge on any atom is 0.223 e. The molecular weight excluding hydrogens is 326 g/mol. The van der Waals surface area contributed by atoms with Gasteiger partial charge in [-0.05, 0) is 84.6 Å². The Bertz CT molecular complexity index is 396. The first-order valence-electron chi connectivity index (χ1n) is 10.5. The van der Waals surface area contributed by atoms with E-state index in [0.29, 0.717) is 19.0 Å². The summed E-state index contributed by atoms with van der Waals surface area (Å²) in [6, 6.07) is 0.569. The minimum atomic E-state index is 0.116. The van der Waals surface area contributed by atoms with E-state index < -0.39 is 0 Å². The van der Waals surface area contributed by atoms with E-state index in [2.05, 4.69) is 49.9 Å². The molecule has 0 atom stereocenters. The summed E-state index contributed by atoms with van der Waals surface area (Å²) in [6.45, 7) is 14.2. The van der Waals surface area contributed by atoms with E-state index in [1.807, 2.05) is 0 Å². The number of nitrogens with one attached hydrogen (secondary N) is 1. The lowest BCUT2D eigenvalue weighted by Crippen LogP contribution is -2.43. The molecular formula is C21H41N3O2. The van der Waals surface area contributed by atoms with E-state index in [4.69, 9.17) is 0 Å². The first kappa shape index (κ1) is 23.1. The number of hydrogen-bond donors (Lipinski definition) is 1. The second kappa shape index (κ2) is 12.4. The van der Waals surface area contributed by atoms with Crippen LogP contribution in [0.2, 0.25) is 0 Å². The number of aldehydes is 1. The fraction of sp³-hybridized carbons (Fsp3) is 0.905. The topological polar surface area (TPSA) is 52.6 Å². The van der Waals surface area contributed by atoms with Crippen molar-refractivity contribution >= 4 is 12.2 Å². The molecule has 1 amide bonds. The van der Waals surface area contributed by atoms with Crippen LogP contribution in [0.25, 0.3) is 0 Å². The molecule has 5 nitrogen and oxygen atoms in total. The third kappa shape index (κ3) is 8.63. The number of amides is 1. The average Bonchev–Trinajstić information content (AvgIpc) is 2.63. The maximum absolute atomic E-state index is 11.7. The highest BCUT2D eigenvalue weighted by Crippen LogP contribution is 2.23. The first-order valence-corrected chi connectivity index (χ1v) is 10.5. The lowest BCUT2D eigenvalue weighted by atomic mass is 9.87. The van der Waals surface area contributed by atoms with Crippen molar-refractivity contribution in [2.24, 2.45) is 17.8 Å². The van der Waals surface area contributed by atoms with Gasteiger partial charge in [-0.15, -0.1) is 0 Å². The van der Waals surface area contributed by atoms with Gasteiger partial charge >= 0.3 is 0 Å². The molecule has 0 saturated carbocycles. The minimum Gasteiger partial charge on any atom is -0.355 e. The Morgan fingerprint density at radius 2 is 1.62 bits per heavy atom. The second-order valence-corrected chi connectivity index (χ2v) is 8.54. The number of hydrogen-bond acceptors (Lipinski definition) is 4. The molecule has 0 aromatic carbocycles. The molecule has 0 aliphatic carbocycles. The van der Waals surface area contributed by atoms with Gasteiger partial charge in [0.15, 0.2) is 0 Å². The van der Waals surface area contributed by atoms with Gasteiger partial charge in [-0.1, -0.05) is 13.8 Å². The quantitative estimate of drug-likeness (QED) is 0.579. The van der Waals surface area contributed by atoms with Crippen molar-refractivity contribution < 1.29 is 9.59 Å². The van der Waals surface area contributed by atoms with E-state index in [0.717, 1.165) is 44.1 Å². The fourth-order valence-electron chi connectivity index (χ4n) is 3.77. The van der Waals surface area contributed by atoms with Crippen molar-refractivity contribution in [1.29, 1.82) is 0 Å². The molecule has 2 aliphatic heterocycles. The van der Waals surface area contributed by atoms with Crippen molar-refractivity contribution in [3.63, 3.8) is 0 Å². The first-order chi connectivity index (χ1) is 12.3. The summed E-state index contributed by atoms with van der Waals surface area (Å²) in [5.74, 6) is 2.15. The van der Waals surface area contributed by atoms with Crippen molar-refractivity contribution in [2.45, 2.75) is 65.8 Å². The van der Waals surface area contributed by atoms with Crippen LogP contribution < -0.4 is 5.32 Å². The van der Waals surface area contributed by atoms with Gasteiger partial charge in [0.25, 0.3) is 0 Å². The van der Waals surface area contributed by atoms with Gasteiger partial charge in [0.1, 0.15) is 6.29 Å². The lowest BCUT2D eigenvalue weighted by molar-refractivity contribution is -0.126. The van der Waals surface area contributed by atoms with Gasteiger partial charge in [0.2, 0.25) is 5.91 Å². The van der Waals surface area contributed by atoms with Crippen LogP contribution in [-0.4, -0.2) is 67.8 Å². The molecule has 152 valence electrons. The number of carbonyl (C=O) groups is 2. The van der Waals surface area contributed by atoms with Gasteiger partial charge in [0.05, 0.1) is 0 Å². The molecule has 0 unspecified atom stereocenters. The van der Waals surface area contributed by atoms with Gasteiger partial charge in [-0.3, -0.25) is 4.79 Å². The van der Waals surface area contributed by atoms with Crippen LogP contribution in [0.5, 0.6) is 0 Å². The second-order valence-electron chi connectivity index (χ2n) is 8.54. The summed E-state index contributed by atoms with van der Waals surface area (Å²) in [5, 5.41) is 2.81. The van der Waals surface area contributed by atoms with Gasteiger partial charge in [-0.2, -0.15) is 0 Å². The maximum atomic E-state index is 11.7. The molecule has 1 N–H and O–H groups in total. The Morgan fingerprint density at radius 1 is 1.04 bits per heavy atom. The number of likely N-dealkylation sites (tertiary alicyclic amines) is 2. The molecule has 2 fully saturated rings. The standard InChI is InChI=1S/C12H22N2O2.C9H19N/c1-10(2)14-7-4-11(5-8-14)12(16)13-6-3-9-15;1-8(2)9-4-6-10(3)7-5-9/h9-11H,3-8H2,1-2H3,(H,13,16);8-9H,4-7H2,1-3H3. The zero-order chi connectivity index (χ0) is 19.5. The summed E-state index contributed by atoms with van der Waals surface area (Å²) in [6.07, 6.45) is 5.94. The predicted molar refractivity (Wildman–Crippen MR) is 108 cm³/mol. The Morgan fingerprint density at radius 3 is 2.08 bits per heavy atom. The van der Waals surface area contributed by atoms with Crippen molar-refractivity contribution in [2.75, 3.05) is 39.8 Å². The van der Waals surface area contributed by atoms with Crippen molar-refractivity contribution in [3.8, 4) is 0 Å². The normalized spacial score (nSPS) is 20.7. The van der Waals surface area contributed by atoms with E-state index in [-0.39, 0.29) is 11.8 Å². The van der Waals surface area contributed by atoms with Crippen LogP contribution in [0.1, 0.15) is 59.8 Å². The van der Waals surface area contributed by atoms with Gasteiger partial charge in [-0.25, -0.2) is 0 Å². The third-order valence-electron chi connectivity index (χ3n) is 5.90. The highest BCUT2D eigenvalue weighted by Gasteiger charge is 2.25. The number of piperidine rings is 2. The zero-order valence-electron chi connectivity index (χ0n) is 17.7. The van der Waals surface area contributed by atoms with E-state index in [9.17, 15) is 9.59 Å². The smallest absolute Gasteiger partial charge is 0.223 e. The molecule has 0 radical (unpaired) electrons. The molecule has 2 aliphatic rings. The largest absolute Gasteiger partial charge is 0.355 e. The van der Waals surface area contributed by atoms with E-state index in [1.54, 1.807) is 0 Å². The predicted octanol–water partition coefficient (Wildman–Crippen LogP) is 2.80. The van der Waals surface area contributed by atoms with Crippen LogP contribution >= 0.6 is 0 Å². The molecule has 2 heterocycles. The molecule has 0 aromatic rings. The summed E-state index contributed by atoms with van der Waals surface area (Å²) in [7, 11) is 2.22. The highest BCUT2D eigenvalue weighted by atomic mass is 16.2. The molecule has 0 bridgehead atoms.